The predicted octanol–water partition coefficient (Wildman–Crippen LogP) is 2.99. The molecule has 130 valence electrons. The topological polar surface area (TPSA) is 73.4 Å². The van der Waals surface area contributed by atoms with E-state index in [2.05, 4.69) is 16.6 Å². The summed E-state index contributed by atoms with van der Waals surface area (Å²) in [5, 5.41) is 14.0. The van der Waals surface area contributed by atoms with Gasteiger partial charge in [-0.3, -0.25) is 4.79 Å². The first-order valence-electron chi connectivity index (χ1n) is 8.16. The van der Waals surface area contributed by atoms with Gasteiger partial charge in [0, 0.05) is 48.0 Å². The number of para-hydroxylation sites is 1. The Labute approximate surface area is 152 Å². The summed E-state index contributed by atoms with van der Waals surface area (Å²) in [6.45, 7) is 0.262. The van der Waals surface area contributed by atoms with E-state index in [9.17, 15) is 4.79 Å². The molecule has 3 aromatic rings. The second-order valence-electron chi connectivity index (χ2n) is 6.03. The van der Waals surface area contributed by atoms with Crippen LogP contribution in [0.2, 0.25) is 0 Å². The number of hydrazone groups is 1. The van der Waals surface area contributed by atoms with Crippen molar-refractivity contribution in [2.75, 3.05) is 19.0 Å². The molecule has 6 heteroatoms. The third-order valence-electron chi connectivity index (χ3n) is 4.05. The molecule has 0 unspecified atom stereocenters. The summed E-state index contributed by atoms with van der Waals surface area (Å²) >= 11 is 0. The van der Waals surface area contributed by atoms with Crippen LogP contribution in [0, 0.1) is 11.3 Å². The average molecular weight is 345 g/mol. The Morgan fingerprint density at radius 3 is 2.85 bits per heavy atom. The summed E-state index contributed by atoms with van der Waals surface area (Å²) in [5.74, 6) is -0.272. The lowest BCUT2D eigenvalue weighted by atomic mass is 10.2. The summed E-state index contributed by atoms with van der Waals surface area (Å²) in [4.78, 5) is 14.2. The van der Waals surface area contributed by atoms with Crippen LogP contribution in [0.25, 0.3) is 10.9 Å². The normalized spacial score (nSPS) is 10.8. The van der Waals surface area contributed by atoms with Crippen molar-refractivity contribution in [3.05, 3.63) is 65.9 Å². The van der Waals surface area contributed by atoms with Crippen LogP contribution in [0.15, 0.2) is 59.8 Å². The number of amides is 1. The van der Waals surface area contributed by atoms with Crippen LogP contribution in [0.4, 0.5) is 5.69 Å². The van der Waals surface area contributed by atoms with Crippen molar-refractivity contribution >= 4 is 28.7 Å². The number of aromatic nitrogens is 1. The Kier molecular flexibility index (Phi) is 4.99. The molecule has 26 heavy (non-hydrogen) atoms. The molecule has 0 saturated carbocycles. The van der Waals surface area contributed by atoms with Crippen molar-refractivity contribution in [2.45, 2.75) is 6.54 Å². The summed E-state index contributed by atoms with van der Waals surface area (Å²) in [6, 6.07) is 17.3. The molecule has 0 saturated heterocycles. The van der Waals surface area contributed by atoms with Gasteiger partial charge in [0.2, 0.25) is 0 Å². The lowest BCUT2D eigenvalue weighted by Crippen LogP contribution is -2.18. The molecule has 0 fully saturated rings. The van der Waals surface area contributed by atoms with Gasteiger partial charge < -0.3 is 9.47 Å². The Hall–Kier alpha value is -3.59. The van der Waals surface area contributed by atoms with Crippen molar-refractivity contribution in [3.63, 3.8) is 0 Å². The summed E-state index contributed by atoms with van der Waals surface area (Å²) in [7, 11) is 3.85. The third kappa shape index (κ3) is 3.57. The van der Waals surface area contributed by atoms with E-state index in [1.165, 1.54) is 0 Å². The van der Waals surface area contributed by atoms with Gasteiger partial charge in [0.1, 0.15) is 6.54 Å². The number of hydrogen-bond acceptors (Lipinski definition) is 4. The minimum atomic E-state index is -0.272. The molecule has 0 radical (unpaired) electrons. The van der Waals surface area contributed by atoms with Gasteiger partial charge in [-0.1, -0.05) is 24.3 Å². The van der Waals surface area contributed by atoms with Crippen molar-refractivity contribution in [3.8, 4) is 6.07 Å². The van der Waals surface area contributed by atoms with Crippen LogP contribution < -0.4 is 10.3 Å². The molecule has 0 aliphatic rings. The Balaban J connectivity index is 1.79. The second-order valence-corrected chi connectivity index (χ2v) is 6.03. The molecule has 0 atom stereocenters. The van der Waals surface area contributed by atoms with Gasteiger partial charge in [-0.2, -0.15) is 10.4 Å². The highest BCUT2D eigenvalue weighted by molar-refractivity contribution is 6.00. The summed E-state index contributed by atoms with van der Waals surface area (Å²) < 4.78 is 1.86. The van der Waals surface area contributed by atoms with E-state index >= 15 is 0 Å². The zero-order valence-electron chi connectivity index (χ0n) is 14.7. The second kappa shape index (κ2) is 7.53. The van der Waals surface area contributed by atoms with E-state index in [-0.39, 0.29) is 12.5 Å². The number of carbonyl (C=O) groups is 1. The van der Waals surface area contributed by atoms with E-state index in [1.807, 2.05) is 72.2 Å². The SMILES string of the molecule is CN(C)c1cccc(C(=O)NN=Cc2cn(CC#N)c3ccccc23)c1. The van der Waals surface area contributed by atoms with Crippen molar-refractivity contribution in [1.82, 2.24) is 9.99 Å². The van der Waals surface area contributed by atoms with E-state index < -0.39 is 0 Å². The van der Waals surface area contributed by atoms with E-state index in [0.717, 1.165) is 22.2 Å². The highest BCUT2D eigenvalue weighted by Gasteiger charge is 2.08. The van der Waals surface area contributed by atoms with Gasteiger partial charge in [-0.15, -0.1) is 0 Å². The zero-order valence-corrected chi connectivity index (χ0v) is 14.7. The number of rotatable bonds is 5. The van der Waals surface area contributed by atoms with Crippen LogP contribution in [0.1, 0.15) is 15.9 Å². The quantitative estimate of drug-likeness (QED) is 0.571. The summed E-state index contributed by atoms with van der Waals surface area (Å²) in [6.07, 6.45) is 3.46. The van der Waals surface area contributed by atoms with Crippen molar-refractivity contribution in [2.24, 2.45) is 5.10 Å². The monoisotopic (exact) mass is 345 g/mol. The molecule has 3 rings (SSSR count). The Morgan fingerprint density at radius 2 is 2.08 bits per heavy atom. The maximum Gasteiger partial charge on any atom is 0.271 e. The smallest absolute Gasteiger partial charge is 0.271 e. The number of benzene rings is 2. The molecular weight excluding hydrogens is 326 g/mol. The molecule has 1 aromatic heterocycles. The number of carbonyl (C=O) groups excluding carboxylic acids is 1. The van der Waals surface area contributed by atoms with Crippen LogP contribution in [0.5, 0.6) is 0 Å². The van der Waals surface area contributed by atoms with Crippen LogP contribution in [0.3, 0.4) is 0 Å². The molecule has 6 nitrogen and oxygen atoms in total. The third-order valence-corrected chi connectivity index (χ3v) is 4.05. The first-order chi connectivity index (χ1) is 12.6. The number of nitrogens with one attached hydrogen (secondary N) is 1. The molecule has 1 N–H and O–H groups in total. The van der Waals surface area contributed by atoms with Gasteiger partial charge in [0.25, 0.3) is 5.91 Å². The lowest BCUT2D eigenvalue weighted by molar-refractivity contribution is 0.0955. The average Bonchev–Trinajstić information content (AvgIpc) is 3.00. The molecule has 1 amide bonds. The molecule has 0 bridgehead atoms. The van der Waals surface area contributed by atoms with Crippen molar-refractivity contribution in [1.29, 1.82) is 5.26 Å². The van der Waals surface area contributed by atoms with Crippen LogP contribution in [-0.2, 0) is 6.54 Å². The van der Waals surface area contributed by atoms with Gasteiger partial charge in [0.05, 0.1) is 12.3 Å². The number of hydrogen-bond donors (Lipinski definition) is 1. The predicted molar refractivity (Wildman–Crippen MR) is 103 cm³/mol. The number of fused-ring (bicyclic) bond motifs is 1. The zero-order chi connectivity index (χ0) is 18.5. The lowest BCUT2D eigenvalue weighted by Gasteiger charge is -2.12. The van der Waals surface area contributed by atoms with E-state index in [4.69, 9.17) is 5.26 Å². The first kappa shape index (κ1) is 17.2. The Morgan fingerprint density at radius 1 is 1.27 bits per heavy atom. The van der Waals surface area contributed by atoms with Gasteiger partial charge >= 0.3 is 0 Å². The van der Waals surface area contributed by atoms with Gasteiger partial charge in [-0.25, -0.2) is 5.43 Å². The highest BCUT2D eigenvalue weighted by atomic mass is 16.2. The van der Waals surface area contributed by atoms with Gasteiger partial charge in [0.15, 0.2) is 0 Å². The molecule has 1 heterocycles. The standard InChI is InChI=1S/C20H19N5O/c1-24(2)17-7-5-6-15(12-17)20(26)23-22-13-16-14-25(11-10-21)19-9-4-3-8-18(16)19/h3-9,12-14H,11H2,1-2H3,(H,23,26). The van der Waals surface area contributed by atoms with Gasteiger partial charge in [-0.05, 0) is 24.3 Å². The van der Waals surface area contributed by atoms with Crippen molar-refractivity contribution < 1.29 is 4.79 Å². The Bertz CT molecular complexity index is 1010. The molecular formula is C20H19N5O. The fourth-order valence-electron chi connectivity index (χ4n) is 2.74. The number of nitrogens with zero attached hydrogens (tertiary/aromatic N) is 4. The molecule has 0 spiro atoms. The maximum absolute atomic E-state index is 12.3. The van der Waals surface area contributed by atoms with Crippen LogP contribution >= 0.6 is 0 Å². The highest BCUT2D eigenvalue weighted by Crippen LogP contribution is 2.19. The summed E-state index contributed by atoms with van der Waals surface area (Å²) in [5.41, 5.74) is 5.85. The molecule has 0 aliphatic heterocycles. The van der Waals surface area contributed by atoms with E-state index in [0.29, 0.717) is 5.56 Å². The number of anilines is 1. The van der Waals surface area contributed by atoms with Crippen LogP contribution in [-0.4, -0.2) is 30.8 Å². The molecule has 0 aliphatic carbocycles. The van der Waals surface area contributed by atoms with E-state index in [1.54, 1.807) is 12.3 Å². The molecule has 2 aromatic carbocycles. The largest absolute Gasteiger partial charge is 0.378 e. The minimum absolute atomic E-state index is 0.262. The maximum atomic E-state index is 12.3. The minimum Gasteiger partial charge on any atom is -0.378 e. The first-order valence-corrected chi connectivity index (χ1v) is 8.16. The number of nitriles is 1. The fraction of sp³-hybridized carbons (Fsp3) is 0.150. The fourth-order valence-corrected chi connectivity index (χ4v) is 2.74.